The lowest BCUT2D eigenvalue weighted by molar-refractivity contribution is -0.119. The largest absolute Gasteiger partial charge is 0.306 e. The topological polar surface area (TPSA) is 44.4 Å². The van der Waals surface area contributed by atoms with E-state index in [2.05, 4.69) is 17.9 Å². The highest BCUT2D eigenvalue weighted by atomic mass is 16.1. The molecule has 1 aliphatic heterocycles. The molecular formula is C10H19N3O. The summed E-state index contributed by atoms with van der Waals surface area (Å²) < 4.78 is 0. The standard InChI is InChI=1S/C10H19N3O/c1-3-5-9-8-13(12-11-9)7-6-10(14)4-2/h8,11-12H,3-7H2,1-2H3. The molecular weight excluding hydrogens is 178 g/mol. The van der Waals surface area contributed by atoms with Gasteiger partial charge in [-0.2, -0.15) is 0 Å². The highest BCUT2D eigenvalue weighted by molar-refractivity contribution is 5.78. The van der Waals surface area contributed by atoms with Crippen molar-refractivity contribution in [1.29, 1.82) is 0 Å². The van der Waals surface area contributed by atoms with Crippen LogP contribution >= 0.6 is 0 Å². The molecule has 14 heavy (non-hydrogen) atoms. The second kappa shape index (κ2) is 5.65. The van der Waals surface area contributed by atoms with Crippen molar-refractivity contribution < 1.29 is 4.79 Å². The lowest BCUT2D eigenvalue weighted by Gasteiger charge is -2.13. The second-order valence-corrected chi connectivity index (χ2v) is 3.48. The summed E-state index contributed by atoms with van der Waals surface area (Å²) in [5.41, 5.74) is 7.28. The molecule has 4 heteroatoms. The average Bonchev–Trinajstić information content (AvgIpc) is 2.63. The van der Waals surface area contributed by atoms with Gasteiger partial charge in [0, 0.05) is 31.3 Å². The van der Waals surface area contributed by atoms with Crippen LogP contribution in [0, 0.1) is 0 Å². The van der Waals surface area contributed by atoms with Gasteiger partial charge in [0.15, 0.2) is 0 Å². The van der Waals surface area contributed by atoms with E-state index < -0.39 is 0 Å². The Labute approximate surface area is 85.3 Å². The Balaban J connectivity index is 2.24. The van der Waals surface area contributed by atoms with Gasteiger partial charge < -0.3 is 5.43 Å². The predicted molar refractivity (Wildman–Crippen MR) is 55.9 cm³/mol. The quantitative estimate of drug-likeness (QED) is 0.674. The normalized spacial score (nSPS) is 15.3. The van der Waals surface area contributed by atoms with E-state index in [1.807, 2.05) is 18.1 Å². The zero-order valence-corrected chi connectivity index (χ0v) is 8.97. The van der Waals surface area contributed by atoms with Gasteiger partial charge in [0.1, 0.15) is 5.78 Å². The molecule has 0 spiro atoms. The fourth-order valence-electron chi connectivity index (χ4n) is 1.34. The fraction of sp³-hybridized carbons (Fsp3) is 0.700. The summed E-state index contributed by atoms with van der Waals surface area (Å²) in [5.74, 6) is 0.309. The molecule has 0 unspecified atom stereocenters. The van der Waals surface area contributed by atoms with Crippen LogP contribution in [0.5, 0.6) is 0 Å². The van der Waals surface area contributed by atoms with Crippen molar-refractivity contribution in [2.24, 2.45) is 0 Å². The summed E-state index contributed by atoms with van der Waals surface area (Å²) in [6, 6.07) is 0. The SMILES string of the molecule is CCCC1=CN(CCC(=O)CC)NN1. The first-order valence-electron chi connectivity index (χ1n) is 5.27. The second-order valence-electron chi connectivity index (χ2n) is 3.48. The van der Waals surface area contributed by atoms with Crippen LogP contribution in [0.3, 0.4) is 0 Å². The number of rotatable bonds is 6. The zero-order valence-electron chi connectivity index (χ0n) is 8.97. The van der Waals surface area contributed by atoms with E-state index in [4.69, 9.17) is 0 Å². The fourth-order valence-corrected chi connectivity index (χ4v) is 1.34. The number of hydrazine groups is 2. The smallest absolute Gasteiger partial charge is 0.134 e. The third-order valence-corrected chi connectivity index (χ3v) is 2.22. The average molecular weight is 197 g/mol. The van der Waals surface area contributed by atoms with Crippen molar-refractivity contribution in [2.75, 3.05) is 6.54 Å². The number of Topliss-reactive ketones (excluding diaryl/α,β-unsaturated/α-hetero) is 1. The van der Waals surface area contributed by atoms with Gasteiger partial charge in [-0.15, -0.1) is 5.53 Å². The molecule has 1 rings (SSSR count). The van der Waals surface area contributed by atoms with Crippen LogP contribution in [0.1, 0.15) is 39.5 Å². The summed E-state index contributed by atoms with van der Waals surface area (Å²) >= 11 is 0. The van der Waals surface area contributed by atoms with Crippen molar-refractivity contribution in [3.05, 3.63) is 11.9 Å². The van der Waals surface area contributed by atoms with E-state index in [9.17, 15) is 4.79 Å². The molecule has 1 heterocycles. The predicted octanol–water partition coefficient (Wildman–Crippen LogP) is 1.32. The number of nitrogens with zero attached hydrogens (tertiary/aromatic N) is 1. The third kappa shape index (κ3) is 3.38. The van der Waals surface area contributed by atoms with E-state index >= 15 is 0 Å². The molecule has 0 aromatic rings. The van der Waals surface area contributed by atoms with Crippen molar-refractivity contribution in [2.45, 2.75) is 39.5 Å². The Morgan fingerprint density at radius 1 is 1.50 bits per heavy atom. The molecule has 0 saturated heterocycles. The Hall–Kier alpha value is -1.03. The number of hydrogen-bond acceptors (Lipinski definition) is 4. The molecule has 4 nitrogen and oxygen atoms in total. The molecule has 0 aromatic carbocycles. The van der Waals surface area contributed by atoms with E-state index in [0.29, 0.717) is 18.6 Å². The summed E-state index contributed by atoms with van der Waals surface area (Å²) in [6.07, 6.45) is 5.45. The van der Waals surface area contributed by atoms with Gasteiger partial charge >= 0.3 is 0 Å². The Morgan fingerprint density at radius 3 is 2.93 bits per heavy atom. The molecule has 0 bridgehead atoms. The number of allylic oxidation sites excluding steroid dienone is 1. The van der Waals surface area contributed by atoms with Gasteiger partial charge in [0.25, 0.3) is 0 Å². The zero-order chi connectivity index (χ0) is 10.4. The van der Waals surface area contributed by atoms with Gasteiger partial charge in [-0.25, -0.2) is 0 Å². The number of carbonyl (C=O) groups excluding carboxylic acids is 1. The molecule has 0 aromatic heterocycles. The van der Waals surface area contributed by atoms with E-state index in [1.165, 1.54) is 5.70 Å². The molecule has 0 aliphatic carbocycles. The summed E-state index contributed by atoms with van der Waals surface area (Å²) in [7, 11) is 0. The van der Waals surface area contributed by atoms with Gasteiger partial charge in [0.2, 0.25) is 0 Å². The molecule has 80 valence electrons. The van der Waals surface area contributed by atoms with Crippen LogP contribution in [0.25, 0.3) is 0 Å². The highest BCUT2D eigenvalue weighted by Crippen LogP contribution is 2.06. The van der Waals surface area contributed by atoms with Crippen LogP contribution < -0.4 is 11.0 Å². The molecule has 2 N–H and O–H groups in total. The number of carbonyl (C=O) groups is 1. The van der Waals surface area contributed by atoms with Crippen molar-refractivity contribution in [1.82, 2.24) is 16.0 Å². The minimum absolute atomic E-state index is 0.309. The number of ketones is 1. The van der Waals surface area contributed by atoms with Crippen LogP contribution in [0.4, 0.5) is 0 Å². The summed E-state index contributed by atoms with van der Waals surface area (Å²) in [5, 5.41) is 1.93. The Morgan fingerprint density at radius 2 is 2.29 bits per heavy atom. The van der Waals surface area contributed by atoms with E-state index in [1.54, 1.807) is 0 Å². The first-order valence-corrected chi connectivity index (χ1v) is 5.27. The van der Waals surface area contributed by atoms with E-state index in [0.717, 1.165) is 19.4 Å². The lowest BCUT2D eigenvalue weighted by Crippen LogP contribution is -2.37. The van der Waals surface area contributed by atoms with Gasteiger partial charge in [0.05, 0.1) is 0 Å². The van der Waals surface area contributed by atoms with Gasteiger partial charge in [-0.05, 0) is 6.42 Å². The molecule has 0 saturated carbocycles. The van der Waals surface area contributed by atoms with Gasteiger partial charge in [-0.3, -0.25) is 9.80 Å². The minimum atomic E-state index is 0.309. The molecule has 0 atom stereocenters. The van der Waals surface area contributed by atoms with E-state index in [-0.39, 0.29) is 0 Å². The third-order valence-electron chi connectivity index (χ3n) is 2.22. The summed E-state index contributed by atoms with van der Waals surface area (Å²) in [4.78, 5) is 11.1. The van der Waals surface area contributed by atoms with Gasteiger partial charge in [-0.1, -0.05) is 20.3 Å². The van der Waals surface area contributed by atoms with Crippen LogP contribution in [-0.2, 0) is 4.79 Å². The maximum atomic E-state index is 11.1. The van der Waals surface area contributed by atoms with Crippen LogP contribution in [0.2, 0.25) is 0 Å². The number of nitrogens with one attached hydrogen (secondary N) is 2. The molecule has 0 amide bonds. The number of hydrogen-bond donors (Lipinski definition) is 2. The Bertz CT molecular complexity index is 225. The summed E-state index contributed by atoms with van der Waals surface area (Å²) in [6.45, 7) is 4.79. The molecule has 0 radical (unpaired) electrons. The first kappa shape index (κ1) is 11.0. The van der Waals surface area contributed by atoms with Crippen LogP contribution in [0.15, 0.2) is 11.9 Å². The van der Waals surface area contributed by atoms with Crippen molar-refractivity contribution in [3.63, 3.8) is 0 Å². The monoisotopic (exact) mass is 197 g/mol. The maximum absolute atomic E-state index is 11.1. The lowest BCUT2D eigenvalue weighted by atomic mass is 10.2. The van der Waals surface area contributed by atoms with Crippen LogP contribution in [-0.4, -0.2) is 17.3 Å². The van der Waals surface area contributed by atoms with Crippen molar-refractivity contribution >= 4 is 5.78 Å². The minimum Gasteiger partial charge on any atom is -0.306 e. The van der Waals surface area contributed by atoms with Crippen molar-refractivity contribution in [3.8, 4) is 0 Å². The maximum Gasteiger partial charge on any atom is 0.134 e. The first-order chi connectivity index (χ1) is 6.76. The highest BCUT2D eigenvalue weighted by Gasteiger charge is 2.10. The molecule has 1 aliphatic rings. The Kier molecular flexibility index (Phi) is 4.46. The molecule has 0 fully saturated rings.